The number of benzene rings is 2. The second kappa shape index (κ2) is 8.88. The fourth-order valence-electron chi connectivity index (χ4n) is 2.81. The van der Waals surface area contributed by atoms with E-state index in [1.54, 1.807) is 24.3 Å². The second-order valence-corrected chi connectivity index (χ2v) is 8.77. The molecule has 148 valence electrons. The molecular formula is C20H21NO6S. The van der Waals surface area contributed by atoms with Crippen molar-refractivity contribution in [2.75, 3.05) is 18.1 Å². The number of sulfone groups is 1. The number of amides is 1. The van der Waals surface area contributed by atoms with E-state index >= 15 is 0 Å². The van der Waals surface area contributed by atoms with E-state index in [0.29, 0.717) is 18.6 Å². The Morgan fingerprint density at radius 2 is 1.75 bits per heavy atom. The van der Waals surface area contributed by atoms with E-state index in [0.717, 1.165) is 11.3 Å². The maximum Gasteiger partial charge on any atom is 0.338 e. The third-order valence-corrected chi connectivity index (χ3v) is 6.04. The highest BCUT2D eigenvalue weighted by Gasteiger charge is 2.29. The summed E-state index contributed by atoms with van der Waals surface area (Å²) in [7, 11) is -3.07. The molecule has 0 radical (unpaired) electrons. The molecule has 0 aromatic heterocycles. The smallest absolute Gasteiger partial charge is 0.338 e. The van der Waals surface area contributed by atoms with Crippen molar-refractivity contribution in [3.8, 4) is 5.75 Å². The summed E-state index contributed by atoms with van der Waals surface area (Å²) in [6.07, 6.45) is 0.383. The topological polar surface area (TPSA) is 98.8 Å². The van der Waals surface area contributed by atoms with E-state index in [1.807, 2.05) is 30.3 Å². The van der Waals surface area contributed by atoms with Crippen molar-refractivity contribution in [2.45, 2.75) is 19.1 Å². The highest BCUT2D eigenvalue weighted by atomic mass is 32.2. The first kappa shape index (κ1) is 19.9. The average molecular weight is 403 g/mol. The molecule has 1 heterocycles. The molecule has 1 atom stereocenters. The zero-order valence-electron chi connectivity index (χ0n) is 15.2. The Bertz CT molecular complexity index is 925. The maximum atomic E-state index is 12.1. The fraction of sp³-hybridized carbons (Fsp3) is 0.300. The minimum atomic E-state index is -3.07. The summed E-state index contributed by atoms with van der Waals surface area (Å²) in [5.74, 6) is -0.378. The average Bonchev–Trinajstić information content (AvgIpc) is 3.04. The van der Waals surface area contributed by atoms with Crippen LogP contribution in [0.5, 0.6) is 5.75 Å². The van der Waals surface area contributed by atoms with Gasteiger partial charge in [-0.05, 0) is 36.2 Å². The largest absolute Gasteiger partial charge is 0.489 e. The molecule has 1 saturated heterocycles. The molecule has 7 nitrogen and oxygen atoms in total. The quantitative estimate of drug-likeness (QED) is 0.707. The number of esters is 1. The SMILES string of the molecule is O=C(COC(=O)c1ccc(COc2ccccc2)cc1)N[C@@H]1CCS(=O)(=O)C1. The molecule has 1 amide bonds. The van der Waals surface area contributed by atoms with Gasteiger partial charge in [-0.15, -0.1) is 0 Å². The Labute approximate surface area is 163 Å². The summed E-state index contributed by atoms with van der Waals surface area (Å²) < 4.78 is 33.4. The zero-order valence-corrected chi connectivity index (χ0v) is 16.0. The van der Waals surface area contributed by atoms with Crippen molar-refractivity contribution in [3.05, 3.63) is 65.7 Å². The van der Waals surface area contributed by atoms with Gasteiger partial charge in [0.1, 0.15) is 12.4 Å². The van der Waals surface area contributed by atoms with Crippen molar-refractivity contribution in [3.63, 3.8) is 0 Å². The van der Waals surface area contributed by atoms with Gasteiger partial charge in [-0.25, -0.2) is 13.2 Å². The normalized spacial score (nSPS) is 17.6. The van der Waals surface area contributed by atoms with E-state index in [9.17, 15) is 18.0 Å². The van der Waals surface area contributed by atoms with Crippen LogP contribution in [0.1, 0.15) is 22.3 Å². The number of nitrogens with one attached hydrogen (secondary N) is 1. The zero-order chi connectivity index (χ0) is 20.0. The standard InChI is InChI=1S/C20H21NO6S/c22-19(21-17-10-11-28(24,25)14-17)13-27-20(23)16-8-6-15(7-9-16)12-26-18-4-2-1-3-5-18/h1-9,17H,10-14H2,(H,21,22)/t17-/m1/s1. The highest BCUT2D eigenvalue weighted by Crippen LogP contribution is 2.13. The van der Waals surface area contributed by atoms with Gasteiger partial charge in [0.25, 0.3) is 5.91 Å². The summed E-state index contributed by atoms with van der Waals surface area (Å²) in [6.45, 7) is -0.0830. The van der Waals surface area contributed by atoms with Crippen LogP contribution in [0.4, 0.5) is 0 Å². The molecule has 8 heteroatoms. The van der Waals surface area contributed by atoms with E-state index in [4.69, 9.17) is 9.47 Å². The van der Waals surface area contributed by atoms with Gasteiger partial charge in [0.15, 0.2) is 16.4 Å². The summed E-state index contributed by atoms with van der Waals surface area (Å²) in [4.78, 5) is 23.9. The van der Waals surface area contributed by atoms with Crippen LogP contribution in [-0.2, 0) is 26.0 Å². The number of carbonyl (C=O) groups is 2. The Morgan fingerprint density at radius 3 is 2.39 bits per heavy atom. The summed E-state index contributed by atoms with van der Waals surface area (Å²) in [5.41, 5.74) is 1.21. The van der Waals surface area contributed by atoms with Gasteiger partial charge < -0.3 is 14.8 Å². The lowest BCUT2D eigenvalue weighted by molar-refractivity contribution is -0.124. The first-order chi connectivity index (χ1) is 13.4. The number of ether oxygens (including phenoxy) is 2. The van der Waals surface area contributed by atoms with Crippen LogP contribution < -0.4 is 10.1 Å². The van der Waals surface area contributed by atoms with E-state index in [-0.39, 0.29) is 11.5 Å². The number of hydrogen-bond acceptors (Lipinski definition) is 6. The lowest BCUT2D eigenvalue weighted by Gasteiger charge is -2.11. The molecule has 3 rings (SSSR count). The van der Waals surface area contributed by atoms with Crippen LogP contribution >= 0.6 is 0 Å². The Hall–Kier alpha value is -2.87. The molecule has 1 aliphatic rings. The third-order valence-electron chi connectivity index (χ3n) is 4.27. The van der Waals surface area contributed by atoms with Crippen molar-refractivity contribution < 1.29 is 27.5 Å². The Morgan fingerprint density at radius 1 is 1.04 bits per heavy atom. The van der Waals surface area contributed by atoms with Crippen molar-refractivity contribution in [2.24, 2.45) is 0 Å². The van der Waals surface area contributed by atoms with E-state index in [1.165, 1.54) is 0 Å². The molecule has 1 fully saturated rings. The molecule has 1 N–H and O–H groups in total. The van der Waals surface area contributed by atoms with Crippen LogP contribution in [-0.4, -0.2) is 44.4 Å². The molecule has 0 saturated carbocycles. The van der Waals surface area contributed by atoms with Gasteiger partial charge in [0, 0.05) is 6.04 Å². The highest BCUT2D eigenvalue weighted by molar-refractivity contribution is 7.91. The van der Waals surface area contributed by atoms with Gasteiger partial charge in [-0.3, -0.25) is 4.79 Å². The van der Waals surface area contributed by atoms with Crippen LogP contribution in [0.25, 0.3) is 0 Å². The van der Waals surface area contributed by atoms with Gasteiger partial charge >= 0.3 is 5.97 Å². The molecule has 1 aliphatic heterocycles. The Kier molecular flexibility index (Phi) is 6.30. The predicted molar refractivity (Wildman–Crippen MR) is 103 cm³/mol. The monoisotopic (exact) mass is 403 g/mol. The summed E-state index contributed by atoms with van der Waals surface area (Å²) in [5, 5.41) is 2.57. The van der Waals surface area contributed by atoms with E-state index < -0.39 is 34.4 Å². The summed E-state index contributed by atoms with van der Waals surface area (Å²) in [6, 6.07) is 15.7. The van der Waals surface area contributed by atoms with Crippen LogP contribution in [0.15, 0.2) is 54.6 Å². The Balaban J connectivity index is 1.43. The lowest BCUT2D eigenvalue weighted by Crippen LogP contribution is -2.38. The van der Waals surface area contributed by atoms with Crippen LogP contribution in [0.2, 0.25) is 0 Å². The molecule has 2 aromatic rings. The molecule has 0 spiro atoms. The number of rotatable bonds is 7. The van der Waals surface area contributed by atoms with Crippen molar-refractivity contribution in [1.82, 2.24) is 5.32 Å². The molecule has 0 aliphatic carbocycles. The third kappa shape index (κ3) is 5.82. The van der Waals surface area contributed by atoms with E-state index in [2.05, 4.69) is 5.32 Å². The first-order valence-electron chi connectivity index (χ1n) is 8.85. The molecule has 28 heavy (non-hydrogen) atoms. The number of para-hydroxylation sites is 1. The minimum Gasteiger partial charge on any atom is -0.489 e. The first-order valence-corrected chi connectivity index (χ1v) is 10.7. The van der Waals surface area contributed by atoms with Gasteiger partial charge in [-0.1, -0.05) is 30.3 Å². The molecular weight excluding hydrogens is 382 g/mol. The van der Waals surface area contributed by atoms with Gasteiger partial charge in [-0.2, -0.15) is 0 Å². The van der Waals surface area contributed by atoms with Crippen molar-refractivity contribution in [1.29, 1.82) is 0 Å². The van der Waals surface area contributed by atoms with Crippen molar-refractivity contribution >= 4 is 21.7 Å². The molecule has 0 unspecified atom stereocenters. The van der Waals surface area contributed by atoms with Crippen LogP contribution in [0, 0.1) is 0 Å². The predicted octanol–water partition coefficient (Wildman–Crippen LogP) is 1.73. The van der Waals surface area contributed by atoms with Gasteiger partial charge in [0.2, 0.25) is 0 Å². The van der Waals surface area contributed by atoms with Crippen LogP contribution in [0.3, 0.4) is 0 Å². The maximum absolute atomic E-state index is 12.1. The number of hydrogen-bond donors (Lipinski definition) is 1. The fourth-order valence-corrected chi connectivity index (χ4v) is 4.49. The molecule has 0 bridgehead atoms. The number of carbonyl (C=O) groups excluding carboxylic acids is 2. The lowest BCUT2D eigenvalue weighted by atomic mass is 10.1. The molecule has 2 aromatic carbocycles. The minimum absolute atomic E-state index is 0.0675. The summed E-state index contributed by atoms with van der Waals surface area (Å²) >= 11 is 0. The second-order valence-electron chi connectivity index (χ2n) is 6.54. The van der Waals surface area contributed by atoms with Gasteiger partial charge in [0.05, 0.1) is 17.1 Å².